The number of hydrogen-bond acceptors (Lipinski definition) is 1. The quantitative estimate of drug-likeness (QED) is 0.769. The standard InChI is InChI=1S/C13H19N/c1-10(2)11(3)13-7-5-12(6-8-13)9-14-4/h5-8,14H,9H2,1-4H3. The molecule has 0 radical (unpaired) electrons. The summed E-state index contributed by atoms with van der Waals surface area (Å²) in [5.41, 5.74) is 5.41. The van der Waals surface area contributed by atoms with Crippen LogP contribution in [0.25, 0.3) is 5.57 Å². The van der Waals surface area contributed by atoms with E-state index >= 15 is 0 Å². The molecule has 0 aromatic heterocycles. The topological polar surface area (TPSA) is 12.0 Å². The number of nitrogens with one attached hydrogen (secondary N) is 1. The molecule has 1 nitrogen and oxygen atoms in total. The van der Waals surface area contributed by atoms with Gasteiger partial charge in [0.1, 0.15) is 0 Å². The zero-order chi connectivity index (χ0) is 10.6. The number of hydrogen-bond donors (Lipinski definition) is 1. The van der Waals surface area contributed by atoms with E-state index in [1.807, 2.05) is 7.05 Å². The van der Waals surface area contributed by atoms with Gasteiger partial charge in [-0.05, 0) is 44.5 Å². The van der Waals surface area contributed by atoms with Crippen molar-refractivity contribution in [3.63, 3.8) is 0 Å². The van der Waals surface area contributed by atoms with Gasteiger partial charge in [-0.1, -0.05) is 29.8 Å². The van der Waals surface area contributed by atoms with Gasteiger partial charge in [-0.25, -0.2) is 0 Å². The minimum absolute atomic E-state index is 0.939. The van der Waals surface area contributed by atoms with Crippen LogP contribution in [0.5, 0.6) is 0 Å². The molecular formula is C13H19N. The molecule has 1 rings (SSSR count). The molecule has 1 heteroatoms. The van der Waals surface area contributed by atoms with Gasteiger partial charge in [0.2, 0.25) is 0 Å². The molecule has 76 valence electrons. The Bertz CT molecular complexity index is 316. The molecule has 1 aromatic rings. The first-order valence-electron chi connectivity index (χ1n) is 5.03. The largest absolute Gasteiger partial charge is 0.316 e. The van der Waals surface area contributed by atoms with Crippen LogP contribution in [-0.4, -0.2) is 7.05 Å². The molecule has 0 saturated heterocycles. The highest BCUT2D eigenvalue weighted by atomic mass is 14.8. The molecule has 1 N–H and O–H groups in total. The van der Waals surface area contributed by atoms with Gasteiger partial charge in [0.15, 0.2) is 0 Å². The molecule has 14 heavy (non-hydrogen) atoms. The molecule has 0 bridgehead atoms. The highest BCUT2D eigenvalue weighted by molar-refractivity contribution is 5.66. The van der Waals surface area contributed by atoms with Gasteiger partial charge in [0.05, 0.1) is 0 Å². The van der Waals surface area contributed by atoms with Crippen LogP contribution in [0.1, 0.15) is 31.9 Å². The van der Waals surface area contributed by atoms with Crippen LogP contribution in [0.15, 0.2) is 29.8 Å². The van der Waals surface area contributed by atoms with Crippen LogP contribution in [0.3, 0.4) is 0 Å². The van der Waals surface area contributed by atoms with E-state index in [4.69, 9.17) is 0 Å². The fourth-order valence-corrected chi connectivity index (χ4v) is 1.37. The zero-order valence-corrected chi connectivity index (χ0v) is 9.52. The van der Waals surface area contributed by atoms with Gasteiger partial charge in [-0.3, -0.25) is 0 Å². The second-order valence-electron chi connectivity index (χ2n) is 3.85. The number of benzene rings is 1. The first-order chi connectivity index (χ1) is 6.65. The lowest BCUT2D eigenvalue weighted by molar-refractivity contribution is 0.818. The monoisotopic (exact) mass is 189 g/mol. The van der Waals surface area contributed by atoms with Crippen LogP contribution in [0.4, 0.5) is 0 Å². The molecule has 1 aromatic carbocycles. The first kappa shape index (κ1) is 11.0. The van der Waals surface area contributed by atoms with Crippen molar-refractivity contribution >= 4 is 5.57 Å². The molecule has 0 spiro atoms. The van der Waals surface area contributed by atoms with Gasteiger partial charge >= 0.3 is 0 Å². The van der Waals surface area contributed by atoms with Crippen LogP contribution >= 0.6 is 0 Å². The summed E-state index contributed by atoms with van der Waals surface area (Å²) < 4.78 is 0. The van der Waals surface area contributed by atoms with Gasteiger partial charge in [-0.2, -0.15) is 0 Å². The Morgan fingerprint density at radius 1 is 1.07 bits per heavy atom. The second kappa shape index (κ2) is 4.97. The van der Waals surface area contributed by atoms with Crippen LogP contribution < -0.4 is 5.32 Å². The van der Waals surface area contributed by atoms with E-state index < -0.39 is 0 Å². The Morgan fingerprint density at radius 2 is 1.64 bits per heavy atom. The Kier molecular flexibility index (Phi) is 3.90. The van der Waals surface area contributed by atoms with Crippen molar-refractivity contribution in [3.05, 3.63) is 41.0 Å². The van der Waals surface area contributed by atoms with Gasteiger partial charge in [-0.15, -0.1) is 0 Å². The molecule has 0 unspecified atom stereocenters. The lowest BCUT2D eigenvalue weighted by Crippen LogP contribution is -2.04. The second-order valence-corrected chi connectivity index (χ2v) is 3.85. The predicted octanol–water partition coefficient (Wildman–Crippen LogP) is 3.22. The van der Waals surface area contributed by atoms with Crippen molar-refractivity contribution in [1.29, 1.82) is 0 Å². The summed E-state index contributed by atoms with van der Waals surface area (Å²) in [6.07, 6.45) is 0. The molecule has 0 aliphatic rings. The predicted molar refractivity (Wildman–Crippen MR) is 63.1 cm³/mol. The maximum atomic E-state index is 3.14. The third kappa shape index (κ3) is 2.71. The van der Waals surface area contributed by atoms with Crippen molar-refractivity contribution in [2.24, 2.45) is 0 Å². The normalized spacial score (nSPS) is 10.0. The molecule has 0 saturated carbocycles. The average molecular weight is 189 g/mol. The molecule has 0 heterocycles. The summed E-state index contributed by atoms with van der Waals surface area (Å²) >= 11 is 0. The maximum Gasteiger partial charge on any atom is 0.0202 e. The summed E-state index contributed by atoms with van der Waals surface area (Å²) in [6, 6.07) is 8.74. The van der Waals surface area contributed by atoms with E-state index in [0.717, 1.165) is 6.54 Å². The minimum atomic E-state index is 0.939. The summed E-state index contributed by atoms with van der Waals surface area (Å²) in [5, 5.41) is 3.14. The molecule has 0 atom stereocenters. The SMILES string of the molecule is CNCc1ccc(C(C)=C(C)C)cc1. The van der Waals surface area contributed by atoms with Crippen molar-refractivity contribution < 1.29 is 0 Å². The van der Waals surface area contributed by atoms with Crippen molar-refractivity contribution in [3.8, 4) is 0 Å². The Labute approximate surface area is 86.8 Å². The summed E-state index contributed by atoms with van der Waals surface area (Å²) in [5.74, 6) is 0. The fraction of sp³-hybridized carbons (Fsp3) is 0.385. The van der Waals surface area contributed by atoms with Crippen molar-refractivity contribution in [2.75, 3.05) is 7.05 Å². The summed E-state index contributed by atoms with van der Waals surface area (Å²) in [6.45, 7) is 7.41. The maximum absolute atomic E-state index is 3.14. The molecule has 0 aliphatic heterocycles. The third-order valence-electron chi connectivity index (χ3n) is 2.52. The van der Waals surface area contributed by atoms with Crippen LogP contribution in [-0.2, 0) is 6.54 Å². The van der Waals surface area contributed by atoms with E-state index in [0.29, 0.717) is 0 Å². The Morgan fingerprint density at radius 3 is 2.07 bits per heavy atom. The van der Waals surface area contributed by atoms with E-state index in [1.54, 1.807) is 0 Å². The lowest BCUT2D eigenvalue weighted by atomic mass is 10.0. The van der Waals surface area contributed by atoms with E-state index in [-0.39, 0.29) is 0 Å². The van der Waals surface area contributed by atoms with Gasteiger partial charge in [0.25, 0.3) is 0 Å². The van der Waals surface area contributed by atoms with Crippen molar-refractivity contribution in [1.82, 2.24) is 5.32 Å². The highest BCUT2D eigenvalue weighted by Gasteiger charge is 1.97. The molecular weight excluding hydrogens is 170 g/mol. The smallest absolute Gasteiger partial charge is 0.0202 e. The fourth-order valence-electron chi connectivity index (χ4n) is 1.37. The number of allylic oxidation sites excluding steroid dienone is 2. The summed E-state index contributed by atoms with van der Waals surface area (Å²) in [4.78, 5) is 0. The number of rotatable bonds is 3. The van der Waals surface area contributed by atoms with Crippen molar-refractivity contribution in [2.45, 2.75) is 27.3 Å². The van der Waals surface area contributed by atoms with E-state index in [2.05, 4.69) is 50.4 Å². The third-order valence-corrected chi connectivity index (χ3v) is 2.52. The zero-order valence-electron chi connectivity index (χ0n) is 9.52. The van der Waals surface area contributed by atoms with Gasteiger partial charge in [0, 0.05) is 6.54 Å². The Balaban J connectivity index is 2.89. The average Bonchev–Trinajstić information content (AvgIpc) is 2.18. The van der Waals surface area contributed by atoms with Crippen LogP contribution in [0, 0.1) is 0 Å². The minimum Gasteiger partial charge on any atom is -0.316 e. The highest BCUT2D eigenvalue weighted by Crippen LogP contribution is 2.18. The van der Waals surface area contributed by atoms with Crippen LogP contribution in [0.2, 0.25) is 0 Å². The summed E-state index contributed by atoms with van der Waals surface area (Å²) in [7, 11) is 1.97. The molecule has 0 amide bonds. The lowest BCUT2D eigenvalue weighted by Gasteiger charge is -2.05. The molecule has 0 fully saturated rings. The van der Waals surface area contributed by atoms with E-state index in [1.165, 1.54) is 22.3 Å². The molecule has 0 aliphatic carbocycles. The first-order valence-corrected chi connectivity index (χ1v) is 5.03. The Hall–Kier alpha value is -1.08. The van der Waals surface area contributed by atoms with Gasteiger partial charge < -0.3 is 5.32 Å². The van der Waals surface area contributed by atoms with E-state index in [9.17, 15) is 0 Å².